The fourth-order valence-electron chi connectivity index (χ4n) is 0.776. The van der Waals surface area contributed by atoms with Crippen molar-refractivity contribution in [3.05, 3.63) is 35.6 Å². The van der Waals surface area contributed by atoms with Crippen LogP contribution in [0.15, 0.2) is 24.3 Å². The fourth-order valence-corrected chi connectivity index (χ4v) is 1.14. The maximum absolute atomic E-state index is 12.4. The molecule has 0 saturated carbocycles. The zero-order chi connectivity index (χ0) is 8.48. The summed E-state index contributed by atoms with van der Waals surface area (Å²) in [6.07, 6.45) is 0. The van der Waals surface area contributed by atoms with Gasteiger partial charge < -0.3 is 5.73 Å². The average molecular weight is 265 g/mol. The Kier molecular flexibility index (Phi) is 2.49. The lowest BCUT2D eigenvalue weighted by molar-refractivity contribution is 0.625. The van der Waals surface area contributed by atoms with E-state index in [1.54, 1.807) is 12.1 Å². The first kappa shape index (κ1) is 8.93. The molecule has 0 aliphatic carbocycles. The van der Waals surface area contributed by atoms with Gasteiger partial charge in [-0.25, -0.2) is 4.39 Å². The molecule has 1 rings (SSSR count). The maximum Gasteiger partial charge on any atom is 0.123 e. The predicted octanol–water partition coefficient (Wildman–Crippen LogP) is 2.39. The van der Waals surface area contributed by atoms with Crippen molar-refractivity contribution in [3.63, 3.8) is 0 Å². The molecule has 0 aliphatic rings. The lowest BCUT2D eigenvalue weighted by atomic mass is 10.1. The predicted molar refractivity (Wildman–Crippen MR) is 52.0 cm³/mol. The van der Waals surface area contributed by atoms with Gasteiger partial charge in [0.1, 0.15) is 5.82 Å². The highest BCUT2D eigenvalue weighted by Crippen LogP contribution is 2.24. The van der Waals surface area contributed by atoms with E-state index < -0.39 is 3.55 Å². The summed E-state index contributed by atoms with van der Waals surface area (Å²) in [4.78, 5) is 0. The molecular formula is C8H9FIN. The highest BCUT2D eigenvalue weighted by Gasteiger charge is 2.15. The van der Waals surface area contributed by atoms with E-state index in [-0.39, 0.29) is 5.82 Å². The van der Waals surface area contributed by atoms with Crippen molar-refractivity contribution in [2.24, 2.45) is 5.73 Å². The largest absolute Gasteiger partial charge is 0.313 e. The van der Waals surface area contributed by atoms with Crippen LogP contribution < -0.4 is 5.73 Å². The van der Waals surface area contributed by atoms with E-state index in [0.29, 0.717) is 0 Å². The van der Waals surface area contributed by atoms with Crippen LogP contribution in [0.25, 0.3) is 0 Å². The summed E-state index contributed by atoms with van der Waals surface area (Å²) in [6, 6.07) is 6.22. The van der Waals surface area contributed by atoms with E-state index in [1.165, 1.54) is 12.1 Å². The van der Waals surface area contributed by atoms with E-state index in [2.05, 4.69) is 22.6 Å². The number of alkyl halides is 1. The Bertz CT molecular complexity index is 237. The Balaban J connectivity index is 2.99. The zero-order valence-corrected chi connectivity index (χ0v) is 8.30. The molecule has 1 nitrogen and oxygen atoms in total. The van der Waals surface area contributed by atoms with Crippen molar-refractivity contribution in [1.82, 2.24) is 0 Å². The molecule has 0 radical (unpaired) electrons. The van der Waals surface area contributed by atoms with Crippen LogP contribution in [0.4, 0.5) is 4.39 Å². The Morgan fingerprint density at radius 1 is 1.36 bits per heavy atom. The smallest absolute Gasteiger partial charge is 0.123 e. The molecule has 0 amide bonds. The minimum absolute atomic E-state index is 0.227. The van der Waals surface area contributed by atoms with Gasteiger partial charge in [0.05, 0.1) is 3.55 Å². The molecule has 1 atom stereocenters. The topological polar surface area (TPSA) is 26.0 Å². The summed E-state index contributed by atoms with van der Waals surface area (Å²) >= 11 is 2.11. The third kappa shape index (κ3) is 2.41. The molecule has 0 spiro atoms. The van der Waals surface area contributed by atoms with E-state index >= 15 is 0 Å². The second kappa shape index (κ2) is 3.06. The first-order chi connectivity index (χ1) is 5.00. The molecule has 0 unspecified atom stereocenters. The first-order valence-electron chi connectivity index (χ1n) is 3.24. The summed E-state index contributed by atoms with van der Waals surface area (Å²) in [5, 5.41) is 0. The van der Waals surface area contributed by atoms with Crippen LogP contribution in [0.2, 0.25) is 0 Å². The second-order valence-electron chi connectivity index (χ2n) is 2.58. The van der Waals surface area contributed by atoms with Crippen LogP contribution in [-0.2, 0) is 3.55 Å². The van der Waals surface area contributed by atoms with Gasteiger partial charge in [0.25, 0.3) is 0 Å². The Morgan fingerprint density at radius 2 is 1.82 bits per heavy atom. The SMILES string of the molecule is C[C@@](N)(I)c1ccc(F)cc1. The molecule has 0 aromatic heterocycles. The van der Waals surface area contributed by atoms with Crippen molar-refractivity contribution in [2.75, 3.05) is 0 Å². The van der Waals surface area contributed by atoms with Gasteiger partial charge in [-0.15, -0.1) is 0 Å². The highest BCUT2D eigenvalue weighted by atomic mass is 127. The van der Waals surface area contributed by atoms with Crippen LogP contribution in [0.5, 0.6) is 0 Å². The molecule has 0 bridgehead atoms. The molecule has 0 heterocycles. The van der Waals surface area contributed by atoms with Gasteiger partial charge in [0.2, 0.25) is 0 Å². The first-order valence-corrected chi connectivity index (χ1v) is 4.32. The molecule has 1 aromatic carbocycles. The Labute approximate surface area is 78.9 Å². The Morgan fingerprint density at radius 3 is 2.18 bits per heavy atom. The van der Waals surface area contributed by atoms with E-state index in [1.807, 2.05) is 6.92 Å². The lowest BCUT2D eigenvalue weighted by Crippen LogP contribution is -2.24. The number of hydrogen-bond acceptors (Lipinski definition) is 1. The van der Waals surface area contributed by atoms with Gasteiger partial charge >= 0.3 is 0 Å². The van der Waals surface area contributed by atoms with Gasteiger partial charge in [0, 0.05) is 0 Å². The lowest BCUT2D eigenvalue weighted by Gasteiger charge is -2.16. The van der Waals surface area contributed by atoms with Crippen LogP contribution >= 0.6 is 22.6 Å². The van der Waals surface area contributed by atoms with E-state index in [4.69, 9.17) is 5.73 Å². The van der Waals surface area contributed by atoms with Gasteiger partial charge in [0.15, 0.2) is 0 Å². The number of nitrogens with two attached hydrogens (primary N) is 1. The molecular weight excluding hydrogens is 256 g/mol. The molecule has 3 heteroatoms. The summed E-state index contributed by atoms with van der Waals surface area (Å²) < 4.78 is 12.0. The highest BCUT2D eigenvalue weighted by molar-refractivity contribution is 14.1. The van der Waals surface area contributed by atoms with Crippen LogP contribution in [-0.4, -0.2) is 0 Å². The summed E-state index contributed by atoms with van der Waals surface area (Å²) in [6.45, 7) is 1.88. The molecule has 2 N–H and O–H groups in total. The normalized spacial score (nSPS) is 16.0. The van der Waals surface area contributed by atoms with Crippen molar-refractivity contribution in [3.8, 4) is 0 Å². The summed E-state index contributed by atoms with van der Waals surface area (Å²) in [7, 11) is 0. The Hall–Kier alpha value is -0.160. The quantitative estimate of drug-likeness (QED) is 0.471. The van der Waals surface area contributed by atoms with E-state index in [9.17, 15) is 4.39 Å². The van der Waals surface area contributed by atoms with Crippen molar-refractivity contribution < 1.29 is 4.39 Å². The van der Waals surface area contributed by atoms with Crippen molar-refractivity contribution in [1.29, 1.82) is 0 Å². The van der Waals surface area contributed by atoms with Crippen LogP contribution in [0.1, 0.15) is 12.5 Å². The van der Waals surface area contributed by atoms with Gasteiger partial charge in [-0.2, -0.15) is 0 Å². The minimum atomic E-state index is -0.411. The third-order valence-electron chi connectivity index (χ3n) is 1.41. The standard InChI is InChI=1S/C8H9FIN/c1-8(10,11)6-2-4-7(9)5-3-6/h2-5H,11H2,1H3/t8-/m0/s1. The number of benzene rings is 1. The van der Waals surface area contributed by atoms with Gasteiger partial charge in [-0.1, -0.05) is 34.7 Å². The maximum atomic E-state index is 12.4. The second-order valence-corrected chi connectivity index (χ2v) is 4.82. The van der Waals surface area contributed by atoms with Crippen molar-refractivity contribution >= 4 is 22.6 Å². The number of hydrogen-bond donors (Lipinski definition) is 1. The minimum Gasteiger partial charge on any atom is -0.313 e. The molecule has 60 valence electrons. The van der Waals surface area contributed by atoms with Gasteiger partial charge in [-0.05, 0) is 24.6 Å². The van der Waals surface area contributed by atoms with Crippen molar-refractivity contribution in [2.45, 2.75) is 10.5 Å². The molecule has 11 heavy (non-hydrogen) atoms. The molecule has 0 aliphatic heterocycles. The monoisotopic (exact) mass is 265 g/mol. The zero-order valence-electron chi connectivity index (χ0n) is 6.14. The van der Waals surface area contributed by atoms with Gasteiger partial charge in [-0.3, -0.25) is 0 Å². The number of rotatable bonds is 1. The van der Waals surface area contributed by atoms with E-state index in [0.717, 1.165) is 5.56 Å². The average Bonchev–Trinajstić information content (AvgIpc) is 1.86. The van der Waals surface area contributed by atoms with Crippen LogP contribution in [0, 0.1) is 5.82 Å². The molecule has 1 aromatic rings. The summed E-state index contributed by atoms with van der Waals surface area (Å²) in [5.74, 6) is -0.227. The molecule has 0 fully saturated rings. The number of halogens is 2. The van der Waals surface area contributed by atoms with Crippen LogP contribution in [0.3, 0.4) is 0 Å². The fraction of sp³-hybridized carbons (Fsp3) is 0.250. The summed E-state index contributed by atoms with van der Waals surface area (Å²) in [5.41, 5.74) is 6.70. The third-order valence-corrected chi connectivity index (χ3v) is 2.03. The molecule has 0 saturated heterocycles.